The van der Waals surface area contributed by atoms with Crippen molar-refractivity contribution in [2.24, 2.45) is 11.8 Å². The van der Waals surface area contributed by atoms with Gasteiger partial charge in [0.2, 0.25) is 0 Å². The zero-order chi connectivity index (χ0) is 12.7. The van der Waals surface area contributed by atoms with Crippen LogP contribution < -0.4 is 0 Å². The molecule has 3 heteroatoms. The molecule has 98 valence electrons. The van der Waals surface area contributed by atoms with Gasteiger partial charge >= 0.3 is 0 Å². The van der Waals surface area contributed by atoms with E-state index in [0.717, 1.165) is 12.8 Å². The van der Waals surface area contributed by atoms with Gasteiger partial charge in [0, 0.05) is 18.6 Å². The first kappa shape index (κ1) is 14.1. The van der Waals surface area contributed by atoms with Crippen molar-refractivity contribution < 1.29 is 14.6 Å². The number of ether oxygens (including phenoxy) is 2. The first-order chi connectivity index (χ1) is 8.19. The lowest BCUT2D eigenvalue weighted by Gasteiger charge is -2.30. The fourth-order valence-corrected chi connectivity index (χ4v) is 2.10. The smallest absolute Gasteiger partial charge is 0.279 e. The molecule has 1 aliphatic rings. The number of aliphatic hydroxyl groups excluding tert-OH is 1. The van der Waals surface area contributed by atoms with Gasteiger partial charge in [0.15, 0.2) is 0 Å². The van der Waals surface area contributed by atoms with Crippen molar-refractivity contribution in [2.45, 2.75) is 39.7 Å². The van der Waals surface area contributed by atoms with Crippen LogP contribution in [-0.2, 0) is 9.47 Å². The standard InChI is InChI=1S/C14H24O3/c1-4-7-11(2)14(12(3)10-15)17-13-8-5-6-9-16-13/h5-6,8,11-12,14-15H,4,7,9-10H2,1-3H3/t11-,12?,14+/m0/s1. The summed E-state index contributed by atoms with van der Waals surface area (Å²) in [5.74, 6) is 1.10. The average Bonchev–Trinajstić information content (AvgIpc) is 2.36. The van der Waals surface area contributed by atoms with E-state index in [9.17, 15) is 5.11 Å². The van der Waals surface area contributed by atoms with E-state index in [1.54, 1.807) is 0 Å². The summed E-state index contributed by atoms with van der Waals surface area (Å²) in [4.78, 5) is 0. The second-order valence-corrected chi connectivity index (χ2v) is 4.73. The second kappa shape index (κ2) is 7.38. The summed E-state index contributed by atoms with van der Waals surface area (Å²) >= 11 is 0. The molecule has 3 atom stereocenters. The van der Waals surface area contributed by atoms with Crippen molar-refractivity contribution in [1.82, 2.24) is 0 Å². The van der Waals surface area contributed by atoms with Crippen LogP contribution >= 0.6 is 0 Å². The average molecular weight is 240 g/mol. The topological polar surface area (TPSA) is 38.7 Å². The molecule has 0 aromatic heterocycles. The SMILES string of the molecule is CCC[C@H](C)[C@@H](OC1=CC=CCO1)C(C)CO. The minimum atomic E-state index is 0.0118. The highest BCUT2D eigenvalue weighted by molar-refractivity contribution is 5.08. The maximum atomic E-state index is 9.30. The fourth-order valence-electron chi connectivity index (χ4n) is 2.10. The second-order valence-electron chi connectivity index (χ2n) is 4.73. The summed E-state index contributed by atoms with van der Waals surface area (Å²) in [5, 5.41) is 9.30. The van der Waals surface area contributed by atoms with E-state index in [0.29, 0.717) is 18.5 Å². The van der Waals surface area contributed by atoms with Gasteiger partial charge in [0.25, 0.3) is 5.95 Å². The molecule has 1 aliphatic heterocycles. The molecule has 0 aromatic rings. The van der Waals surface area contributed by atoms with E-state index in [1.807, 2.05) is 25.2 Å². The summed E-state index contributed by atoms with van der Waals surface area (Å²) in [6.07, 6.45) is 7.94. The Bertz CT molecular complexity index is 271. The Morgan fingerprint density at radius 1 is 1.41 bits per heavy atom. The van der Waals surface area contributed by atoms with Crippen molar-refractivity contribution in [2.75, 3.05) is 13.2 Å². The minimum Gasteiger partial charge on any atom is -0.461 e. The molecule has 0 saturated carbocycles. The van der Waals surface area contributed by atoms with Gasteiger partial charge in [-0.25, -0.2) is 0 Å². The van der Waals surface area contributed by atoms with E-state index >= 15 is 0 Å². The number of hydrogen-bond donors (Lipinski definition) is 1. The molecular formula is C14H24O3. The van der Waals surface area contributed by atoms with Crippen molar-refractivity contribution in [3.05, 3.63) is 24.2 Å². The fraction of sp³-hybridized carbons (Fsp3) is 0.714. The zero-order valence-electron chi connectivity index (χ0n) is 11.1. The number of hydrogen-bond acceptors (Lipinski definition) is 3. The molecular weight excluding hydrogens is 216 g/mol. The van der Waals surface area contributed by atoms with Crippen molar-refractivity contribution in [1.29, 1.82) is 0 Å². The van der Waals surface area contributed by atoms with E-state index < -0.39 is 0 Å². The monoisotopic (exact) mass is 240 g/mol. The highest BCUT2D eigenvalue weighted by Crippen LogP contribution is 2.24. The third kappa shape index (κ3) is 4.43. The summed E-state index contributed by atoms with van der Waals surface area (Å²) < 4.78 is 11.3. The minimum absolute atomic E-state index is 0.0118. The number of allylic oxidation sites excluding steroid dienone is 2. The van der Waals surface area contributed by atoms with E-state index in [1.165, 1.54) is 0 Å². The Kier molecular flexibility index (Phi) is 6.12. The Morgan fingerprint density at radius 3 is 2.71 bits per heavy atom. The van der Waals surface area contributed by atoms with Crippen molar-refractivity contribution in [3.63, 3.8) is 0 Å². The molecule has 3 nitrogen and oxygen atoms in total. The van der Waals surface area contributed by atoms with Gasteiger partial charge in [-0.05, 0) is 18.4 Å². The zero-order valence-corrected chi connectivity index (χ0v) is 11.1. The Morgan fingerprint density at radius 2 is 2.18 bits per heavy atom. The van der Waals surface area contributed by atoms with Crippen LogP contribution in [0.15, 0.2) is 24.2 Å². The van der Waals surface area contributed by atoms with Gasteiger partial charge in [0.05, 0.1) is 0 Å². The maximum Gasteiger partial charge on any atom is 0.279 e. The third-order valence-corrected chi connectivity index (χ3v) is 3.10. The van der Waals surface area contributed by atoms with Crippen molar-refractivity contribution >= 4 is 0 Å². The molecule has 0 radical (unpaired) electrons. The Hall–Kier alpha value is -0.960. The molecule has 17 heavy (non-hydrogen) atoms. The van der Waals surface area contributed by atoms with Gasteiger partial charge in [-0.15, -0.1) is 0 Å². The predicted molar refractivity (Wildman–Crippen MR) is 68.4 cm³/mol. The van der Waals surface area contributed by atoms with Crippen molar-refractivity contribution in [3.8, 4) is 0 Å². The van der Waals surface area contributed by atoms with E-state index in [4.69, 9.17) is 9.47 Å². The molecule has 0 fully saturated rings. The number of rotatable bonds is 7. The predicted octanol–water partition coefficient (Wildman–Crippen LogP) is 2.86. The van der Waals surface area contributed by atoms with Crippen LogP contribution in [0.2, 0.25) is 0 Å². The molecule has 1 heterocycles. The molecule has 0 aliphatic carbocycles. The molecule has 1 rings (SSSR count). The Labute approximate surface area is 104 Å². The van der Waals surface area contributed by atoms with E-state index in [-0.39, 0.29) is 18.6 Å². The molecule has 0 spiro atoms. The summed E-state index contributed by atoms with van der Waals surface area (Å²) in [6.45, 7) is 7.04. The van der Waals surface area contributed by atoms with Crippen LogP contribution in [0.1, 0.15) is 33.6 Å². The lowest BCUT2D eigenvalue weighted by Crippen LogP contribution is -2.31. The lowest BCUT2D eigenvalue weighted by molar-refractivity contribution is -0.0583. The lowest BCUT2D eigenvalue weighted by atomic mass is 9.90. The first-order valence-electron chi connectivity index (χ1n) is 6.46. The molecule has 0 aromatic carbocycles. The largest absolute Gasteiger partial charge is 0.461 e. The summed E-state index contributed by atoms with van der Waals surface area (Å²) in [5.41, 5.74) is 0. The number of aliphatic hydroxyl groups is 1. The van der Waals surface area contributed by atoms with Gasteiger partial charge in [-0.2, -0.15) is 0 Å². The molecule has 0 saturated heterocycles. The van der Waals surface area contributed by atoms with Crippen LogP contribution in [0.3, 0.4) is 0 Å². The summed E-state index contributed by atoms with van der Waals surface area (Å²) in [7, 11) is 0. The quantitative estimate of drug-likeness (QED) is 0.743. The highest BCUT2D eigenvalue weighted by atomic mass is 16.7. The van der Waals surface area contributed by atoms with Gasteiger partial charge in [-0.1, -0.05) is 33.3 Å². The third-order valence-electron chi connectivity index (χ3n) is 3.10. The van der Waals surface area contributed by atoms with Crippen LogP contribution in [0, 0.1) is 11.8 Å². The normalized spacial score (nSPS) is 20.1. The van der Waals surface area contributed by atoms with Crippen LogP contribution in [-0.4, -0.2) is 24.4 Å². The van der Waals surface area contributed by atoms with Gasteiger partial charge < -0.3 is 14.6 Å². The molecule has 0 bridgehead atoms. The molecule has 0 amide bonds. The van der Waals surface area contributed by atoms with E-state index in [2.05, 4.69) is 13.8 Å². The molecule has 1 N–H and O–H groups in total. The highest BCUT2D eigenvalue weighted by Gasteiger charge is 2.26. The molecule has 1 unspecified atom stereocenters. The van der Waals surface area contributed by atoms with Crippen LogP contribution in [0.4, 0.5) is 0 Å². The van der Waals surface area contributed by atoms with Crippen LogP contribution in [0.25, 0.3) is 0 Å². The Balaban J connectivity index is 2.62. The van der Waals surface area contributed by atoms with Gasteiger partial charge in [0.1, 0.15) is 12.7 Å². The van der Waals surface area contributed by atoms with Crippen LogP contribution in [0.5, 0.6) is 0 Å². The first-order valence-corrected chi connectivity index (χ1v) is 6.46. The summed E-state index contributed by atoms with van der Waals surface area (Å²) in [6, 6.07) is 0. The maximum absolute atomic E-state index is 9.30. The van der Waals surface area contributed by atoms with Gasteiger partial charge in [-0.3, -0.25) is 0 Å².